The summed E-state index contributed by atoms with van der Waals surface area (Å²) in [6.07, 6.45) is 0. The second-order valence-electron chi connectivity index (χ2n) is 4.55. The normalized spacial score (nSPS) is 11.5. The van der Waals surface area contributed by atoms with Crippen LogP contribution >= 0.6 is 11.6 Å². The van der Waals surface area contributed by atoms with Gasteiger partial charge in [0.1, 0.15) is 0 Å². The van der Waals surface area contributed by atoms with Gasteiger partial charge in [0.05, 0.1) is 4.90 Å². The van der Waals surface area contributed by atoms with Crippen LogP contribution in [0.5, 0.6) is 0 Å². The lowest BCUT2D eigenvalue weighted by Gasteiger charge is -2.12. The highest BCUT2D eigenvalue weighted by atomic mass is 35.5. The molecule has 0 saturated carbocycles. The Balaban J connectivity index is 2.21. The molecule has 0 heterocycles. The summed E-state index contributed by atoms with van der Waals surface area (Å²) in [6.45, 7) is 0.652. The maximum Gasteiger partial charge on any atom is 0.241 e. The first-order valence-corrected chi connectivity index (χ1v) is 8.36. The van der Waals surface area contributed by atoms with Crippen LogP contribution in [0, 0.1) is 0 Å². The SMILES string of the molecule is CNCc1ccccc1S(=O)(=O)NCc1ccccc1Cl. The standard InChI is InChI=1S/C15H17ClN2O2S/c1-17-10-13-7-3-5-9-15(13)21(19,20)18-11-12-6-2-4-8-14(12)16/h2-9,17-18H,10-11H2,1H3. The molecule has 0 radical (unpaired) electrons. The van der Waals surface area contributed by atoms with Gasteiger partial charge in [-0.25, -0.2) is 13.1 Å². The molecule has 21 heavy (non-hydrogen) atoms. The van der Waals surface area contributed by atoms with Crippen molar-refractivity contribution in [2.75, 3.05) is 7.05 Å². The molecule has 0 saturated heterocycles. The lowest BCUT2D eigenvalue weighted by atomic mass is 10.2. The van der Waals surface area contributed by atoms with E-state index in [1.54, 1.807) is 37.4 Å². The lowest BCUT2D eigenvalue weighted by Crippen LogP contribution is -2.25. The molecule has 0 spiro atoms. The van der Waals surface area contributed by atoms with Gasteiger partial charge in [-0.3, -0.25) is 0 Å². The molecule has 4 nitrogen and oxygen atoms in total. The van der Waals surface area contributed by atoms with Gasteiger partial charge >= 0.3 is 0 Å². The van der Waals surface area contributed by atoms with Crippen LogP contribution in [-0.2, 0) is 23.1 Å². The molecule has 2 rings (SSSR count). The zero-order valence-electron chi connectivity index (χ0n) is 11.6. The zero-order valence-corrected chi connectivity index (χ0v) is 13.2. The Kier molecular flexibility index (Phi) is 5.36. The van der Waals surface area contributed by atoms with Crippen LogP contribution in [-0.4, -0.2) is 15.5 Å². The van der Waals surface area contributed by atoms with Gasteiger partial charge in [-0.05, 0) is 30.3 Å². The van der Waals surface area contributed by atoms with Crippen molar-refractivity contribution in [3.8, 4) is 0 Å². The quantitative estimate of drug-likeness (QED) is 0.858. The molecular formula is C15H17ClN2O2S. The van der Waals surface area contributed by atoms with E-state index in [0.29, 0.717) is 11.6 Å². The van der Waals surface area contributed by atoms with E-state index in [1.165, 1.54) is 0 Å². The van der Waals surface area contributed by atoms with Gasteiger partial charge in [0, 0.05) is 18.1 Å². The highest BCUT2D eigenvalue weighted by molar-refractivity contribution is 7.89. The van der Waals surface area contributed by atoms with Gasteiger partial charge in [-0.1, -0.05) is 48.0 Å². The number of sulfonamides is 1. The number of hydrogen-bond donors (Lipinski definition) is 2. The van der Waals surface area contributed by atoms with Crippen LogP contribution in [0.15, 0.2) is 53.4 Å². The Morgan fingerprint density at radius 2 is 1.57 bits per heavy atom. The van der Waals surface area contributed by atoms with Gasteiger partial charge in [-0.15, -0.1) is 0 Å². The Morgan fingerprint density at radius 1 is 0.952 bits per heavy atom. The van der Waals surface area contributed by atoms with Crippen LogP contribution in [0.4, 0.5) is 0 Å². The van der Waals surface area contributed by atoms with Crippen molar-refractivity contribution >= 4 is 21.6 Å². The minimum absolute atomic E-state index is 0.163. The first kappa shape index (κ1) is 16.0. The fourth-order valence-corrected chi connectivity index (χ4v) is 3.44. The first-order chi connectivity index (χ1) is 10.0. The van der Waals surface area contributed by atoms with Crippen LogP contribution in [0.25, 0.3) is 0 Å². The van der Waals surface area contributed by atoms with E-state index in [9.17, 15) is 8.42 Å². The fraction of sp³-hybridized carbons (Fsp3) is 0.200. The minimum Gasteiger partial charge on any atom is -0.316 e. The van der Waals surface area contributed by atoms with E-state index in [0.717, 1.165) is 11.1 Å². The summed E-state index contributed by atoms with van der Waals surface area (Å²) in [7, 11) is -1.80. The third-order valence-corrected chi connectivity index (χ3v) is 4.91. The summed E-state index contributed by atoms with van der Waals surface area (Å²) < 4.78 is 27.5. The van der Waals surface area contributed by atoms with Crippen LogP contribution in [0.2, 0.25) is 5.02 Å². The molecule has 0 aliphatic carbocycles. The fourth-order valence-electron chi connectivity index (χ4n) is 1.99. The minimum atomic E-state index is -3.58. The van der Waals surface area contributed by atoms with Crippen molar-refractivity contribution in [3.05, 3.63) is 64.7 Å². The largest absolute Gasteiger partial charge is 0.316 e. The molecule has 112 valence electrons. The van der Waals surface area contributed by atoms with E-state index in [1.807, 2.05) is 18.2 Å². The molecule has 0 aromatic heterocycles. The number of nitrogens with one attached hydrogen (secondary N) is 2. The number of rotatable bonds is 6. The summed E-state index contributed by atoms with van der Waals surface area (Å²) in [5, 5.41) is 3.51. The van der Waals surface area contributed by atoms with Gasteiger partial charge in [-0.2, -0.15) is 0 Å². The molecule has 0 atom stereocenters. The number of halogens is 1. The van der Waals surface area contributed by atoms with Crippen LogP contribution < -0.4 is 10.0 Å². The molecule has 2 aromatic rings. The zero-order chi connectivity index (χ0) is 15.3. The van der Waals surface area contributed by atoms with E-state index < -0.39 is 10.0 Å². The van der Waals surface area contributed by atoms with Crippen molar-refractivity contribution in [2.45, 2.75) is 18.0 Å². The maximum absolute atomic E-state index is 12.4. The molecule has 0 aliphatic rings. The Labute approximate surface area is 130 Å². The van der Waals surface area contributed by atoms with E-state index in [-0.39, 0.29) is 11.4 Å². The van der Waals surface area contributed by atoms with E-state index >= 15 is 0 Å². The van der Waals surface area contributed by atoms with Gasteiger partial charge in [0.2, 0.25) is 10.0 Å². The van der Waals surface area contributed by atoms with Gasteiger partial charge in [0.15, 0.2) is 0 Å². The summed E-state index contributed by atoms with van der Waals surface area (Å²) >= 11 is 6.04. The van der Waals surface area contributed by atoms with Crippen molar-refractivity contribution in [1.29, 1.82) is 0 Å². The van der Waals surface area contributed by atoms with Gasteiger partial charge in [0.25, 0.3) is 0 Å². The lowest BCUT2D eigenvalue weighted by molar-refractivity contribution is 0.579. The average molecular weight is 325 g/mol. The van der Waals surface area contributed by atoms with Gasteiger partial charge < -0.3 is 5.32 Å². The highest BCUT2D eigenvalue weighted by Gasteiger charge is 2.17. The molecule has 2 N–H and O–H groups in total. The van der Waals surface area contributed by atoms with Crippen molar-refractivity contribution < 1.29 is 8.42 Å². The van der Waals surface area contributed by atoms with E-state index in [2.05, 4.69) is 10.0 Å². The molecular weight excluding hydrogens is 308 g/mol. The summed E-state index contributed by atoms with van der Waals surface area (Å²) in [4.78, 5) is 0.284. The number of hydrogen-bond acceptors (Lipinski definition) is 3. The third-order valence-electron chi connectivity index (χ3n) is 3.04. The smallest absolute Gasteiger partial charge is 0.241 e. The molecule has 0 unspecified atom stereocenters. The summed E-state index contributed by atoms with van der Waals surface area (Å²) in [5.74, 6) is 0. The Hall–Kier alpha value is -1.40. The predicted molar refractivity (Wildman–Crippen MR) is 84.7 cm³/mol. The topological polar surface area (TPSA) is 58.2 Å². The third kappa shape index (κ3) is 4.04. The van der Waals surface area contributed by atoms with Crippen molar-refractivity contribution in [1.82, 2.24) is 10.0 Å². The Morgan fingerprint density at radius 3 is 2.24 bits per heavy atom. The molecule has 0 aliphatic heterocycles. The number of benzene rings is 2. The molecule has 6 heteroatoms. The monoisotopic (exact) mass is 324 g/mol. The molecule has 0 amide bonds. The van der Waals surface area contributed by atoms with Crippen molar-refractivity contribution in [3.63, 3.8) is 0 Å². The van der Waals surface area contributed by atoms with Crippen LogP contribution in [0.3, 0.4) is 0 Å². The maximum atomic E-state index is 12.4. The first-order valence-electron chi connectivity index (χ1n) is 6.50. The average Bonchev–Trinajstić information content (AvgIpc) is 2.47. The molecule has 0 fully saturated rings. The van der Waals surface area contributed by atoms with Crippen LogP contribution in [0.1, 0.15) is 11.1 Å². The predicted octanol–water partition coefficient (Wildman–Crippen LogP) is 2.54. The van der Waals surface area contributed by atoms with Crippen molar-refractivity contribution in [2.24, 2.45) is 0 Å². The second-order valence-corrected chi connectivity index (χ2v) is 6.70. The molecule has 0 bridgehead atoms. The summed E-state index contributed by atoms with van der Waals surface area (Å²) in [5.41, 5.74) is 1.47. The Bertz CT molecular complexity index is 717. The molecule has 2 aromatic carbocycles. The second kappa shape index (κ2) is 7.04. The highest BCUT2D eigenvalue weighted by Crippen LogP contribution is 2.18. The van der Waals surface area contributed by atoms with E-state index in [4.69, 9.17) is 11.6 Å². The summed E-state index contributed by atoms with van der Waals surface area (Å²) in [6, 6.07) is 14.1.